The summed E-state index contributed by atoms with van der Waals surface area (Å²) in [7, 11) is -3.62. The molecule has 0 unspecified atom stereocenters. The van der Waals surface area contributed by atoms with Gasteiger partial charge < -0.3 is 5.32 Å². The van der Waals surface area contributed by atoms with E-state index in [0.717, 1.165) is 23.4 Å². The number of hydrogen-bond acceptors (Lipinski definition) is 4. The normalized spacial score (nSPS) is 10.8. The second kappa shape index (κ2) is 9.02. The lowest BCUT2D eigenvalue weighted by Crippen LogP contribution is -2.40. The summed E-state index contributed by atoms with van der Waals surface area (Å²) in [4.78, 5) is 12.1. The van der Waals surface area contributed by atoms with Crippen LogP contribution in [0.5, 0.6) is 0 Å². The van der Waals surface area contributed by atoms with Crippen LogP contribution in [0.4, 0.5) is 5.69 Å². The van der Waals surface area contributed by atoms with Gasteiger partial charge in [0.1, 0.15) is 6.54 Å². The van der Waals surface area contributed by atoms with Crippen molar-refractivity contribution in [2.24, 2.45) is 0 Å². The summed E-state index contributed by atoms with van der Waals surface area (Å²) in [5.41, 5.74) is 1.97. The highest BCUT2D eigenvalue weighted by Crippen LogP contribution is 2.17. The Morgan fingerprint density at radius 3 is 2.35 bits per heavy atom. The molecule has 2 rings (SSSR count). The number of nitriles is 1. The molecule has 0 heterocycles. The van der Waals surface area contributed by atoms with Gasteiger partial charge in [-0.25, -0.2) is 8.42 Å². The predicted octanol–water partition coefficient (Wildman–Crippen LogP) is 2.07. The van der Waals surface area contributed by atoms with Gasteiger partial charge in [-0.2, -0.15) is 5.26 Å². The summed E-state index contributed by atoms with van der Waals surface area (Å²) in [6.07, 6.45) is 2.66. The maximum absolute atomic E-state index is 12.1. The number of anilines is 1. The van der Waals surface area contributed by atoms with Crippen LogP contribution in [-0.4, -0.2) is 33.7 Å². The Morgan fingerprint density at radius 1 is 1.12 bits per heavy atom. The summed E-state index contributed by atoms with van der Waals surface area (Å²) in [6.45, 7) is 0.175. The molecule has 0 atom stereocenters. The molecule has 2 aromatic carbocycles. The van der Waals surface area contributed by atoms with Crippen molar-refractivity contribution in [3.05, 3.63) is 65.7 Å². The minimum absolute atomic E-state index is 0.296. The molecule has 26 heavy (non-hydrogen) atoms. The number of nitrogens with one attached hydrogen (secondary N) is 1. The number of carbonyl (C=O) groups excluding carboxylic acids is 1. The molecule has 0 aliphatic carbocycles. The van der Waals surface area contributed by atoms with Crippen molar-refractivity contribution in [3.8, 4) is 6.07 Å². The molecule has 0 saturated carbocycles. The van der Waals surface area contributed by atoms with E-state index in [0.29, 0.717) is 17.8 Å². The number of benzene rings is 2. The van der Waals surface area contributed by atoms with Gasteiger partial charge in [0.25, 0.3) is 0 Å². The van der Waals surface area contributed by atoms with E-state index in [1.165, 1.54) is 29.8 Å². The molecule has 0 bridgehead atoms. The molecular weight excluding hydrogens is 350 g/mol. The lowest BCUT2D eigenvalue weighted by molar-refractivity contribution is -0.119. The van der Waals surface area contributed by atoms with Crippen LogP contribution < -0.4 is 9.62 Å². The zero-order valence-corrected chi connectivity index (χ0v) is 15.4. The maximum Gasteiger partial charge on any atom is 0.240 e. The van der Waals surface area contributed by atoms with E-state index in [4.69, 9.17) is 5.26 Å². The van der Waals surface area contributed by atoms with Crippen molar-refractivity contribution in [3.63, 3.8) is 0 Å². The fourth-order valence-corrected chi connectivity index (χ4v) is 3.31. The highest BCUT2D eigenvalue weighted by molar-refractivity contribution is 7.92. The molecule has 1 N–H and O–H groups in total. The minimum Gasteiger partial charge on any atom is -0.355 e. The Labute approximate surface area is 154 Å². The molecule has 0 spiro atoms. The quantitative estimate of drug-likeness (QED) is 0.719. The molecule has 1 amide bonds. The summed E-state index contributed by atoms with van der Waals surface area (Å²) >= 11 is 0. The fraction of sp³-hybridized carbons (Fsp3) is 0.263. The van der Waals surface area contributed by atoms with Gasteiger partial charge in [0.2, 0.25) is 15.9 Å². The number of amides is 1. The van der Waals surface area contributed by atoms with E-state index in [9.17, 15) is 13.2 Å². The van der Waals surface area contributed by atoms with E-state index in [-0.39, 0.29) is 12.5 Å². The highest BCUT2D eigenvalue weighted by atomic mass is 32.2. The van der Waals surface area contributed by atoms with Crippen molar-refractivity contribution in [1.82, 2.24) is 5.32 Å². The Balaban J connectivity index is 1.91. The lowest BCUT2D eigenvalue weighted by atomic mass is 10.1. The molecule has 2 aromatic rings. The van der Waals surface area contributed by atoms with Crippen molar-refractivity contribution in [2.75, 3.05) is 23.7 Å². The largest absolute Gasteiger partial charge is 0.355 e. The first-order chi connectivity index (χ1) is 12.4. The van der Waals surface area contributed by atoms with Gasteiger partial charge in [-0.05, 0) is 42.7 Å². The minimum atomic E-state index is -3.62. The zero-order valence-electron chi connectivity index (χ0n) is 14.6. The summed E-state index contributed by atoms with van der Waals surface area (Å²) in [6, 6.07) is 18.0. The van der Waals surface area contributed by atoms with Crippen LogP contribution in [0.25, 0.3) is 0 Å². The highest BCUT2D eigenvalue weighted by Gasteiger charge is 2.20. The molecule has 6 nitrogen and oxygen atoms in total. The van der Waals surface area contributed by atoms with Gasteiger partial charge >= 0.3 is 0 Å². The summed E-state index contributed by atoms with van der Waals surface area (Å²) in [5, 5.41) is 11.6. The van der Waals surface area contributed by atoms with Crippen molar-refractivity contribution in [1.29, 1.82) is 5.26 Å². The van der Waals surface area contributed by atoms with Crippen molar-refractivity contribution in [2.45, 2.75) is 12.8 Å². The molecule has 136 valence electrons. The molecule has 0 fully saturated rings. The van der Waals surface area contributed by atoms with Crippen LogP contribution in [0, 0.1) is 11.3 Å². The molecule has 7 heteroatoms. The number of carbonyl (C=O) groups is 1. The molecular formula is C19H21N3O3S. The number of nitrogens with zero attached hydrogens (tertiary/aromatic N) is 2. The number of aryl methyl sites for hydroxylation is 1. The van der Waals surface area contributed by atoms with E-state index in [1.54, 1.807) is 0 Å². The van der Waals surface area contributed by atoms with E-state index in [1.807, 2.05) is 36.4 Å². The first-order valence-corrected chi connectivity index (χ1v) is 10.0. The summed E-state index contributed by atoms with van der Waals surface area (Å²) in [5.74, 6) is -0.368. The first-order valence-electron chi connectivity index (χ1n) is 8.18. The third kappa shape index (κ3) is 5.90. The maximum atomic E-state index is 12.1. The van der Waals surface area contributed by atoms with Crippen LogP contribution in [-0.2, 0) is 21.2 Å². The van der Waals surface area contributed by atoms with Gasteiger partial charge in [-0.15, -0.1) is 0 Å². The Morgan fingerprint density at radius 2 is 1.77 bits per heavy atom. The molecule has 0 aromatic heterocycles. The van der Waals surface area contributed by atoms with Crippen LogP contribution in [0.15, 0.2) is 54.6 Å². The number of hydrogen-bond donors (Lipinski definition) is 1. The van der Waals surface area contributed by atoms with E-state index >= 15 is 0 Å². The summed E-state index contributed by atoms with van der Waals surface area (Å²) < 4.78 is 25.1. The van der Waals surface area contributed by atoms with Gasteiger partial charge in [0.05, 0.1) is 23.6 Å². The monoisotopic (exact) mass is 371 g/mol. The second-order valence-electron chi connectivity index (χ2n) is 5.87. The Bertz CT molecular complexity index is 872. The van der Waals surface area contributed by atoms with Gasteiger partial charge in [0, 0.05) is 6.54 Å². The van der Waals surface area contributed by atoms with Gasteiger partial charge in [-0.1, -0.05) is 30.3 Å². The topological polar surface area (TPSA) is 90.3 Å². The van der Waals surface area contributed by atoms with Gasteiger partial charge in [0.15, 0.2) is 0 Å². The smallest absolute Gasteiger partial charge is 0.240 e. The average Bonchev–Trinajstić information content (AvgIpc) is 2.63. The van der Waals surface area contributed by atoms with Crippen LogP contribution >= 0.6 is 0 Å². The fourth-order valence-electron chi connectivity index (χ4n) is 2.45. The third-order valence-corrected chi connectivity index (χ3v) is 4.92. The Kier molecular flexibility index (Phi) is 6.75. The third-order valence-electron chi connectivity index (χ3n) is 3.78. The average molecular weight is 371 g/mol. The predicted molar refractivity (Wildman–Crippen MR) is 101 cm³/mol. The SMILES string of the molecule is CS(=O)(=O)N(CC(=O)NCCCc1ccccc1)c1ccc(C#N)cc1. The molecule has 0 radical (unpaired) electrons. The van der Waals surface area contributed by atoms with Crippen LogP contribution in [0.1, 0.15) is 17.5 Å². The van der Waals surface area contributed by atoms with E-state index < -0.39 is 10.0 Å². The zero-order chi connectivity index (χ0) is 19.0. The standard InChI is InChI=1S/C19H21N3O3S/c1-26(24,25)22(18-11-9-17(14-20)10-12-18)15-19(23)21-13-5-8-16-6-3-2-4-7-16/h2-4,6-7,9-12H,5,8,13,15H2,1H3,(H,21,23). The van der Waals surface area contributed by atoms with E-state index in [2.05, 4.69) is 5.32 Å². The van der Waals surface area contributed by atoms with Crippen molar-refractivity contribution >= 4 is 21.6 Å². The van der Waals surface area contributed by atoms with Crippen molar-refractivity contribution < 1.29 is 13.2 Å². The molecule has 0 saturated heterocycles. The molecule has 0 aliphatic rings. The second-order valence-corrected chi connectivity index (χ2v) is 7.77. The van der Waals surface area contributed by atoms with Crippen LogP contribution in [0.3, 0.4) is 0 Å². The van der Waals surface area contributed by atoms with Crippen LogP contribution in [0.2, 0.25) is 0 Å². The number of sulfonamides is 1. The number of rotatable bonds is 8. The first kappa shape index (κ1) is 19.5. The lowest BCUT2D eigenvalue weighted by Gasteiger charge is -2.21. The molecule has 0 aliphatic heterocycles. The Hall–Kier alpha value is -2.85. The van der Waals surface area contributed by atoms with Gasteiger partial charge in [-0.3, -0.25) is 9.10 Å².